The molecule has 6 nitrogen and oxygen atoms in total. The Bertz CT molecular complexity index is 1820. The van der Waals surface area contributed by atoms with Crippen LogP contribution in [-0.4, -0.2) is 23.0 Å². The Morgan fingerprint density at radius 1 is 0.750 bits per heavy atom. The number of anilines is 2. The number of amides is 3. The predicted molar refractivity (Wildman–Crippen MR) is 176 cm³/mol. The molecule has 0 bridgehead atoms. The molecule has 0 saturated heterocycles. The van der Waals surface area contributed by atoms with Gasteiger partial charge < -0.3 is 16.0 Å². The van der Waals surface area contributed by atoms with Gasteiger partial charge in [-0.2, -0.15) is 0 Å². The summed E-state index contributed by atoms with van der Waals surface area (Å²) in [4.78, 5) is 40.3. The highest BCUT2D eigenvalue weighted by Crippen LogP contribution is 2.29. The summed E-state index contributed by atoms with van der Waals surface area (Å²) >= 11 is 1.40. The molecule has 0 aliphatic rings. The maximum atomic E-state index is 13.5. The fourth-order valence-electron chi connectivity index (χ4n) is 4.49. The number of carbonyl (C=O) groups excluding carboxylic acids is 3. The molecule has 0 spiro atoms. The zero-order chi connectivity index (χ0) is 30.9. The number of rotatable bonds is 10. The van der Waals surface area contributed by atoms with Gasteiger partial charge in [-0.15, -0.1) is 11.8 Å². The van der Waals surface area contributed by atoms with E-state index < -0.39 is 17.6 Å². The van der Waals surface area contributed by atoms with Gasteiger partial charge in [0.25, 0.3) is 11.8 Å². The molecule has 0 aromatic heterocycles. The summed E-state index contributed by atoms with van der Waals surface area (Å²) in [5.41, 5.74) is 2.13. The molecule has 1 unspecified atom stereocenters. The Labute approximate surface area is 259 Å². The minimum atomic E-state index is -0.554. The molecule has 44 heavy (non-hydrogen) atoms. The second-order valence-electron chi connectivity index (χ2n) is 9.98. The summed E-state index contributed by atoms with van der Waals surface area (Å²) in [6.45, 7) is 1.95. The number of nitrogens with one attached hydrogen (secondary N) is 3. The molecule has 1 atom stereocenters. The number of benzene rings is 5. The Kier molecular flexibility index (Phi) is 9.84. The molecule has 0 aliphatic carbocycles. The first-order valence-electron chi connectivity index (χ1n) is 14.1. The Balaban J connectivity index is 1.29. The third-order valence-electron chi connectivity index (χ3n) is 6.76. The van der Waals surface area contributed by atoms with Crippen molar-refractivity contribution < 1.29 is 18.8 Å². The first kappa shape index (κ1) is 30.3. The van der Waals surface area contributed by atoms with Crippen molar-refractivity contribution in [2.24, 2.45) is 0 Å². The summed E-state index contributed by atoms with van der Waals surface area (Å²) in [6, 6.07) is 35.1. The van der Waals surface area contributed by atoms with Crippen LogP contribution >= 0.6 is 11.8 Å². The lowest BCUT2D eigenvalue weighted by molar-refractivity contribution is -0.116. The van der Waals surface area contributed by atoms with Crippen LogP contribution in [0.1, 0.15) is 29.3 Å². The number of fused-ring (bicyclic) bond motifs is 1. The molecule has 0 radical (unpaired) electrons. The smallest absolute Gasteiger partial charge is 0.272 e. The van der Waals surface area contributed by atoms with E-state index in [9.17, 15) is 18.8 Å². The van der Waals surface area contributed by atoms with E-state index in [0.717, 1.165) is 21.4 Å². The first-order chi connectivity index (χ1) is 21.4. The molecule has 5 aromatic rings. The minimum Gasteiger partial charge on any atom is -0.325 e. The van der Waals surface area contributed by atoms with Crippen molar-refractivity contribution in [3.63, 3.8) is 0 Å². The van der Waals surface area contributed by atoms with Crippen molar-refractivity contribution in [2.45, 2.75) is 23.5 Å². The highest BCUT2D eigenvalue weighted by Gasteiger charge is 2.19. The number of hydrogen-bond donors (Lipinski definition) is 3. The van der Waals surface area contributed by atoms with Crippen LogP contribution in [0.5, 0.6) is 0 Å². The fraction of sp³-hybridized carbons (Fsp3) is 0.0833. The SMILES string of the molecule is CCC(Sc1cccc(NC(=O)/C(=C/c2ccc(F)cc2)NC(=O)c2ccccc2)c1)C(=O)Nc1ccc2ccccc2c1. The standard InChI is InChI=1S/C36H30FN3O3S/c1-2-33(36(43)39-30-20-17-25-9-6-7-12-27(25)22-30)44-31-14-8-13-29(23-31)38-35(42)32(21-24-15-18-28(37)19-16-24)40-34(41)26-10-4-3-5-11-26/h3-23,33H,2H2,1H3,(H,38,42)(H,39,43)(H,40,41)/b32-21-. The van der Waals surface area contributed by atoms with Gasteiger partial charge in [0.15, 0.2) is 0 Å². The highest BCUT2D eigenvalue weighted by molar-refractivity contribution is 8.00. The Morgan fingerprint density at radius 3 is 2.20 bits per heavy atom. The number of halogens is 1. The molecule has 0 fully saturated rings. The van der Waals surface area contributed by atoms with Gasteiger partial charge in [0.1, 0.15) is 11.5 Å². The van der Waals surface area contributed by atoms with Crippen LogP contribution in [0.4, 0.5) is 15.8 Å². The van der Waals surface area contributed by atoms with E-state index in [1.54, 1.807) is 48.5 Å². The third-order valence-corrected chi connectivity index (χ3v) is 8.12. The number of carbonyl (C=O) groups is 3. The van der Waals surface area contributed by atoms with Crippen molar-refractivity contribution in [1.29, 1.82) is 0 Å². The zero-order valence-electron chi connectivity index (χ0n) is 23.9. The van der Waals surface area contributed by atoms with Gasteiger partial charge in [-0.3, -0.25) is 14.4 Å². The lowest BCUT2D eigenvalue weighted by Crippen LogP contribution is -2.30. The maximum absolute atomic E-state index is 13.5. The van der Waals surface area contributed by atoms with Crippen LogP contribution in [0.15, 0.2) is 132 Å². The molecule has 5 rings (SSSR count). The van der Waals surface area contributed by atoms with Gasteiger partial charge in [0.05, 0.1) is 5.25 Å². The summed E-state index contributed by atoms with van der Waals surface area (Å²) < 4.78 is 13.5. The van der Waals surface area contributed by atoms with Crippen molar-refractivity contribution in [1.82, 2.24) is 5.32 Å². The van der Waals surface area contributed by atoms with Gasteiger partial charge >= 0.3 is 0 Å². The van der Waals surface area contributed by atoms with Crippen LogP contribution in [0.3, 0.4) is 0 Å². The van der Waals surface area contributed by atoms with Crippen molar-refractivity contribution in [3.05, 3.63) is 144 Å². The van der Waals surface area contributed by atoms with Crippen molar-refractivity contribution in [2.75, 3.05) is 10.6 Å². The van der Waals surface area contributed by atoms with Gasteiger partial charge in [0, 0.05) is 21.8 Å². The lowest BCUT2D eigenvalue weighted by atomic mass is 10.1. The minimum absolute atomic E-state index is 0.00952. The summed E-state index contributed by atoms with van der Waals surface area (Å²) in [7, 11) is 0. The molecule has 8 heteroatoms. The number of hydrogen-bond acceptors (Lipinski definition) is 4. The summed E-state index contributed by atoms with van der Waals surface area (Å²) in [6.07, 6.45) is 2.08. The quantitative estimate of drug-likeness (QED) is 0.112. The molecule has 0 aliphatic heterocycles. The van der Waals surface area contributed by atoms with Gasteiger partial charge in [-0.1, -0.05) is 73.7 Å². The topological polar surface area (TPSA) is 87.3 Å². The van der Waals surface area contributed by atoms with Crippen LogP contribution in [0.25, 0.3) is 16.8 Å². The second kappa shape index (κ2) is 14.3. The fourth-order valence-corrected chi connectivity index (χ4v) is 5.50. The van der Waals surface area contributed by atoms with Gasteiger partial charge in [0.2, 0.25) is 5.91 Å². The largest absolute Gasteiger partial charge is 0.325 e. The van der Waals surface area contributed by atoms with E-state index in [0.29, 0.717) is 23.2 Å². The molecular formula is C36H30FN3O3S. The molecule has 5 aromatic carbocycles. The van der Waals surface area contributed by atoms with Gasteiger partial charge in [-0.05, 0) is 83.4 Å². The van der Waals surface area contributed by atoms with E-state index in [2.05, 4.69) is 16.0 Å². The highest BCUT2D eigenvalue weighted by atomic mass is 32.2. The third kappa shape index (κ3) is 7.99. The normalized spacial score (nSPS) is 11.9. The average molecular weight is 604 g/mol. The molecule has 3 N–H and O–H groups in total. The summed E-state index contributed by atoms with van der Waals surface area (Å²) in [5, 5.41) is 10.3. The Hall–Kier alpha value is -5.21. The lowest BCUT2D eigenvalue weighted by Gasteiger charge is -2.16. The van der Waals surface area contributed by atoms with E-state index in [4.69, 9.17) is 0 Å². The van der Waals surface area contributed by atoms with Crippen LogP contribution in [-0.2, 0) is 9.59 Å². The predicted octanol–water partition coefficient (Wildman–Crippen LogP) is 7.90. The van der Waals surface area contributed by atoms with Crippen LogP contribution in [0.2, 0.25) is 0 Å². The van der Waals surface area contributed by atoms with E-state index in [-0.39, 0.29) is 16.9 Å². The molecule has 3 amide bonds. The maximum Gasteiger partial charge on any atom is 0.272 e. The van der Waals surface area contributed by atoms with E-state index >= 15 is 0 Å². The summed E-state index contributed by atoms with van der Waals surface area (Å²) in [5.74, 6) is -1.54. The molecule has 0 saturated carbocycles. The number of thioether (sulfide) groups is 1. The van der Waals surface area contributed by atoms with Crippen molar-refractivity contribution in [3.8, 4) is 0 Å². The van der Waals surface area contributed by atoms with Gasteiger partial charge in [-0.25, -0.2) is 4.39 Å². The molecule has 220 valence electrons. The van der Waals surface area contributed by atoms with Crippen molar-refractivity contribution >= 4 is 57.7 Å². The van der Waals surface area contributed by atoms with Crippen LogP contribution in [0, 0.1) is 5.82 Å². The Morgan fingerprint density at radius 2 is 1.45 bits per heavy atom. The second-order valence-corrected chi connectivity index (χ2v) is 11.3. The first-order valence-corrected chi connectivity index (χ1v) is 15.0. The zero-order valence-corrected chi connectivity index (χ0v) is 24.7. The van der Waals surface area contributed by atoms with E-state index in [1.165, 1.54) is 42.1 Å². The average Bonchev–Trinajstić information content (AvgIpc) is 3.04. The molecule has 0 heterocycles. The molecular weight excluding hydrogens is 573 g/mol. The van der Waals surface area contributed by atoms with Crippen LogP contribution < -0.4 is 16.0 Å². The van der Waals surface area contributed by atoms with E-state index in [1.807, 2.05) is 55.5 Å². The monoisotopic (exact) mass is 603 g/mol.